The molecule has 1 atom stereocenters. The maximum Gasteiger partial charge on any atom is 0.252 e. The van der Waals surface area contributed by atoms with Gasteiger partial charge in [-0.2, -0.15) is 0 Å². The van der Waals surface area contributed by atoms with Crippen LogP contribution in [0.1, 0.15) is 56.3 Å². The van der Waals surface area contributed by atoms with Gasteiger partial charge in [-0.1, -0.05) is 0 Å². The number of piperidine rings is 2. The molecule has 0 radical (unpaired) electrons. The lowest BCUT2D eigenvalue weighted by Gasteiger charge is -2.33. The first-order valence-electron chi connectivity index (χ1n) is 10.3. The molecule has 0 spiro atoms. The molecule has 4 rings (SSSR count). The molecular formula is C20H30N6O. The number of nitrogens with zero attached hydrogens (tertiary/aromatic N) is 5. The summed E-state index contributed by atoms with van der Waals surface area (Å²) in [5.41, 5.74) is 2.18. The van der Waals surface area contributed by atoms with Crippen LogP contribution in [0.4, 0.5) is 5.95 Å². The van der Waals surface area contributed by atoms with Crippen LogP contribution in [0, 0.1) is 0 Å². The zero-order valence-electron chi connectivity index (χ0n) is 16.2. The van der Waals surface area contributed by atoms with Crippen LogP contribution >= 0.6 is 0 Å². The summed E-state index contributed by atoms with van der Waals surface area (Å²) >= 11 is 0. The Morgan fingerprint density at radius 1 is 1.19 bits per heavy atom. The number of likely N-dealkylation sites (tertiary alicyclic amines) is 1. The average molecular weight is 371 g/mol. The monoisotopic (exact) mass is 370 g/mol. The largest absolute Gasteiger partial charge is 0.342 e. The van der Waals surface area contributed by atoms with Gasteiger partial charge in [0.2, 0.25) is 5.95 Å². The van der Waals surface area contributed by atoms with Gasteiger partial charge in [-0.25, -0.2) is 9.97 Å². The molecule has 27 heavy (non-hydrogen) atoms. The first-order valence-corrected chi connectivity index (χ1v) is 10.3. The summed E-state index contributed by atoms with van der Waals surface area (Å²) < 4.78 is 2.20. The average Bonchev–Trinajstić information content (AvgIpc) is 3.15. The molecule has 2 aliphatic heterocycles. The fraction of sp³-hybridized carbons (Fsp3) is 0.650. The summed E-state index contributed by atoms with van der Waals surface area (Å²) in [6.07, 6.45) is 9.73. The minimum Gasteiger partial charge on any atom is -0.342 e. The highest BCUT2D eigenvalue weighted by Crippen LogP contribution is 2.27. The van der Waals surface area contributed by atoms with E-state index < -0.39 is 0 Å². The molecule has 2 aliphatic rings. The quantitative estimate of drug-likeness (QED) is 0.875. The van der Waals surface area contributed by atoms with Crippen LogP contribution in [0.2, 0.25) is 0 Å². The van der Waals surface area contributed by atoms with Crippen molar-refractivity contribution in [2.24, 2.45) is 0 Å². The molecule has 7 heteroatoms. The predicted octanol–water partition coefficient (Wildman–Crippen LogP) is 2.36. The number of H-pyrrole nitrogens is 1. The lowest BCUT2D eigenvalue weighted by Crippen LogP contribution is -2.36. The molecule has 4 heterocycles. The van der Waals surface area contributed by atoms with Crippen molar-refractivity contribution < 1.29 is 0 Å². The molecule has 2 aromatic rings. The zero-order chi connectivity index (χ0) is 18.6. The third-order valence-corrected chi connectivity index (χ3v) is 5.85. The Labute approximate surface area is 160 Å². The van der Waals surface area contributed by atoms with Gasteiger partial charge in [-0.05, 0) is 45.6 Å². The molecule has 0 saturated carbocycles. The Bertz CT molecular complexity index is 807. The van der Waals surface area contributed by atoms with E-state index in [9.17, 15) is 4.79 Å². The number of aryl methyl sites for hydroxylation is 1. The van der Waals surface area contributed by atoms with Crippen LogP contribution in [0.3, 0.4) is 0 Å². The fourth-order valence-corrected chi connectivity index (χ4v) is 4.36. The lowest BCUT2D eigenvalue weighted by atomic mass is 9.94. The van der Waals surface area contributed by atoms with Gasteiger partial charge in [0, 0.05) is 50.9 Å². The number of nitrogens with one attached hydrogen (secondary N) is 1. The first kappa shape index (κ1) is 18.2. The first-order chi connectivity index (χ1) is 13.2. The number of hydrogen-bond acceptors (Lipinski definition) is 5. The van der Waals surface area contributed by atoms with Gasteiger partial charge >= 0.3 is 0 Å². The molecular weight excluding hydrogens is 340 g/mol. The van der Waals surface area contributed by atoms with Crippen LogP contribution in [-0.2, 0) is 13.1 Å². The van der Waals surface area contributed by atoms with Crippen LogP contribution in [-0.4, -0.2) is 50.6 Å². The van der Waals surface area contributed by atoms with Crippen molar-refractivity contribution in [2.45, 2.75) is 58.0 Å². The van der Waals surface area contributed by atoms with Gasteiger partial charge in [-0.3, -0.25) is 14.7 Å². The molecule has 146 valence electrons. The Morgan fingerprint density at radius 3 is 2.85 bits per heavy atom. The SMILES string of the molecule is CCn1cncc1CN1CCC[C@H](c2cc(=O)[nH]c(N3CCCCC3)n2)C1. The fourth-order valence-electron chi connectivity index (χ4n) is 4.36. The van der Waals surface area contributed by atoms with Gasteiger partial charge in [0.25, 0.3) is 5.56 Å². The molecule has 2 fully saturated rings. The summed E-state index contributed by atoms with van der Waals surface area (Å²) in [6, 6.07) is 1.71. The second-order valence-corrected chi connectivity index (χ2v) is 7.79. The molecule has 0 amide bonds. The van der Waals surface area contributed by atoms with Crippen LogP contribution < -0.4 is 10.5 Å². The van der Waals surface area contributed by atoms with Gasteiger partial charge in [0.05, 0.1) is 17.7 Å². The molecule has 2 aromatic heterocycles. The van der Waals surface area contributed by atoms with E-state index in [2.05, 4.69) is 31.3 Å². The minimum atomic E-state index is -0.0262. The summed E-state index contributed by atoms with van der Waals surface area (Å²) in [5.74, 6) is 1.08. The second-order valence-electron chi connectivity index (χ2n) is 7.79. The van der Waals surface area contributed by atoms with E-state index in [-0.39, 0.29) is 5.56 Å². The van der Waals surface area contributed by atoms with Crippen molar-refractivity contribution >= 4 is 5.95 Å². The van der Waals surface area contributed by atoms with E-state index in [0.29, 0.717) is 5.92 Å². The van der Waals surface area contributed by atoms with E-state index >= 15 is 0 Å². The minimum absolute atomic E-state index is 0.0262. The molecule has 0 bridgehead atoms. The summed E-state index contributed by atoms with van der Waals surface area (Å²) in [6.45, 7) is 8.02. The van der Waals surface area contributed by atoms with Crippen LogP contribution in [0.5, 0.6) is 0 Å². The third kappa shape index (κ3) is 4.24. The van der Waals surface area contributed by atoms with Gasteiger partial charge < -0.3 is 9.47 Å². The summed E-state index contributed by atoms with van der Waals surface area (Å²) in [5, 5.41) is 0. The van der Waals surface area contributed by atoms with Crippen molar-refractivity contribution in [3.63, 3.8) is 0 Å². The number of hydrogen-bond donors (Lipinski definition) is 1. The zero-order valence-corrected chi connectivity index (χ0v) is 16.2. The summed E-state index contributed by atoms with van der Waals surface area (Å²) in [4.78, 5) is 29.1. The van der Waals surface area contributed by atoms with Crippen molar-refractivity contribution in [3.8, 4) is 0 Å². The Morgan fingerprint density at radius 2 is 2.04 bits per heavy atom. The van der Waals surface area contributed by atoms with Crippen LogP contribution in [0.15, 0.2) is 23.4 Å². The number of aromatic amines is 1. The van der Waals surface area contributed by atoms with Gasteiger partial charge in [0.15, 0.2) is 0 Å². The molecule has 7 nitrogen and oxygen atoms in total. The maximum atomic E-state index is 12.3. The van der Waals surface area contributed by atoms with Crippen molar-refractivity contribution in [1.82, 2.24) is 24.4 Å². The summed E-state index contributed by atoms with van der Waals surface area (Å²) in [7, 11) is 0. The van der Waals surface area contributed by atoms with E-state index in [1.807, 2.05) is 12.5 Å². The van der Waals surface area contributed by atoms with Gasteiger partial charge in [-0.15, -0.1) is 0 Å². The van der Waals surface area contributed by atoms with Crippen molar-refractivity contribution in [2.75, 3.05) is 31.1 Å². The Kier molecular flexibility index (Phi) is 5.57. The Hall–Kier alpha value is -2.15. The Balaban J connectivity index is 1.49. The molecule has 0 unspecified atom stereocenters. The highest BCUT2D eigenvalue weighted by Gasteiger charge is 2.25. The number of rotatable bonds is 5. The highest BCUT2D eigenvalue weighted by atomic mass is 16.1. The molecule has 1 N–H and O–H groups in total. The topological polar surface area (TPSA) is 70.1 Å². The van der Waals surface area contributed by atoms with Crippen LogP contribution in [0.25, 0.3) is 0 Å². The number of anilines is 1. The standard InChI is InChI=1S/C20H30N6O/c1-2-25-15-21-12-17(25)14-24-8-6-7-16(13-24)18-11-19(27)23-20(22-18)26-9-4-3-5-10-26/h11-12,15-16H,2-10,13-14H2,1H3,(H,22,23,27)/t16-/m0/s1. The van der Waals surface area contributed by atoms with Crippen molar-refractivity contribution in [3.05, 3.63) is 40.3 Å². The maximum absolute atomic E-state index is 12.3. The van der Waals surface area contributed by atoms with E-state index in [0.717, 1.165) is 63.8 Å². The van der Waals surface area contributed by atoms with Gasteiger partial charge in [0.1, 0.15) is 0 Å². The highest BCUT2D eigenvalue weighted by molar-refractivity contribution is 5.31. The predicted molar refractivity (Wildman–Crippen MR) is 106 cm³/mol. The van der Waals surface area contributed by atoms with Crippen molar-refractivity contribution in [1.29, 1.82) is 0 Å². The molecule has 0 aromatic carbocycles. The number of imidazole rings is 1. The lowest BCUT2D eigenvalue weighted by molar-refractivity contribution is 0.194. The second kappa shape index (κ2) is 8.25. The van der Waals surface area contributed by atoms with E-state index in [1.165, 1.54) is 25.0 Å². The molecule has 0 aliphatic carbocycles. The normalized spacial score (nSPS) is 21.5. The van der Waals surface area contributed by atoms with E-state index in [1.54, 1.807) is 6.07 Å². The molecule has 2 saturated heterocycles. The van der Waals surface area contributed by atoms with E-state index in [4.69, 9.17) is 4.98 Å². The third-order valence-electron chi connectivity index (χ3n) is 5.85. The smallest absolute Gasteiger partial charge is 0.252 e. The number of aromatic nitrogens is 4.